The minimum atomic E-state index is -0.00783. The number of carbonyl (C=O) groups is 1. The second-order valence-electron chi connectivity index (χ2n) is 7.36. The topological polar surface area (TPSA) is 62.7 Å². The third kappa shape index (κ3) is 3.49. The van der Waals surface area contributed by atoms with Gasteiger partial charge in [0.2, 0.25) is 0 Å². The molecule has 5 nitrogen and oxygen atoms in total. The zero-order valence-electron chi connectivity index (χ0n) is 15.9. The zero-order valence-corrected chi connectivity index (χ0v) is 16.7. The van der Waals surface area contributed by atoms with E-state index in [1.54, 1.807) is 0 Å². The van der Waals surface area contributed by atoms with Gasteiger partial charge in [-0.15, -0.1) is 11.3 Å². The number of fused-ring (bicyclic) bond motifs is 2. The summed E-state index contributed by atoms with van der Waals surface area (Å²) in [6.45, 7) is 7.84. The van der Waals surface area contributed by atoms with Crippen LogP contribution in [0.5, 0.6) is 0 Å². The van der Waals surface area contributed by atoms with E-state index in [4.69, 9.17) is 0 Å². The minimum Gasteiger partial charge on any atom is -0.361 e. The summed E-state index contributed by atoms with van der Waals surface area (Å²) in [6.07, 6.45) is 2.83. The first-order valence-corrected chi connectivity index (χ1v) is 10.1. The number of nitrogens with zero attached hydrogens (tertiary/aromatic N) is 2. The molecule has 4 rings (SSSR count). The number of nitrogens with one attached hydrogen (secondary N) is 2. The highest BCUT2D eigenvalue weighted by molar-refractivity contribution is 7.20. The number of hydrogen-bond donors (Lipinski definition) is 2. The lowest BCUT2D eigenvalue weighted by Crippen LogP contribution is -2.24. The van der Waals surface area contributed by atoms with Crippen LogP contribution in [-0.4, -0.2) is 27.2 Å². The fourth-order valence-electron chi connectivity index (χ4n) is 3.43. The van der Waals surface area contributed by atoms with Crippen molar-refractivity contribution >= 4 is 38.4 Å². The average Bonchev–Trinajstić information content (AvgIpc) is 3.31. The van der Waals surface area contributed by atoms with Crippen molar-refractivity contribution < 1.29 is 4.79 Å². The first-order valence-electron chi connectivity index (χ1n) is 9.33. The zero-order chi connectivity index (χ0) is 19.0. The number of aryl methyl sites for hydroxylation is 1. The van der Waals surface area contributed by atoms with E-state index in [1.807, 2.05) is 36.0 Å². The van der Waals surface area contributed by atoms with Gasteiger partial charge in [0, 0.05) is 35.6 Å². The Morgan fingerprint density at radius 3 is 2.93 bits per heavy atom. The molecule has 2 N–H and O–H groups in total. The smallest absolute Gasteiger partial charge is 0.261 e. The Morgan fingerprint density at radius 2 is 2.11 bits per heavy atom. The van der Waals surface area contributed by atoms with E-state index in [2.05, 4.69) is 41.4 Å². The molecule has 0 aliphatic rings. The maximum Gasteiger partial charge on any atom is 0.261 e. The Kier molecular flexibility index (Phi) is 4.74. The maximum atomic E-state index is 12.6. The molecule has 4 aromatic rings. The number of rotatable bonds is 6. The van der Waals surface area contributed by atoms with Crippen molar-refractivity contribution in [2.24, 2.45) is 5.92 Å². The summed E-state index contributed by atoms with van der Waals surface area (Å²) in [4.78, 5) is 17.7. The van der Waals surface area contributed by atoms with Crippen molar-refractivity contribution in [3.63, 3.8) is 0 Å². The normalized spacial score (nSPS) is 11.7. The van der Waals surface area contributed by atoms with Crippen LogP contribution in [0.3, 0.4) is 0 Å². The van der Waals surface area contributed by atoms with Crippen LogP contribution in [0.25, 0.3) is 21.1 Å². The van der Waals surface area contributed by atoms with Gasteiger partial charge in [-0.1, -0.05) is 32.0 Å². The lowest BCUT2D eigenvalue weighted by Gasteiger charge is -2.05. The summed E-state index contributed by atoms with van der Waals surface area (Å²) in [5.74, 6) is 0.509. The van der Waals surface area contributed by atoms with Gasteiger partial charge in [0.1, 0.15) is 4.83 Å². The number of H-pyrrole nitrogens is 1. The molecule has 0 saturated heterocycles. The average molecular weight is 381 g/mol. The van der Waals surface area contributed by atoms with Gasteiger partial charge in [-0.05, 0) is 37.0 Å². The summed E-state index contributed by atoms with van der Waals surface area (Å²) in [6, 6.07) is 10.2. The molecule has 3 aromatic heterocycles. The van der Waals surface area contributed by atoms with Crippen molar-refractivity contribution in [1.29, 1.82) is 0 Å². The fourth-order valence-corrected chi connectivity index (χ4v) is 4.52. The van der Waals surface area contributed by atoms with E-state index in [-0.39, 0.29) is 5.91 Å². The van der Waals surface area contributed by atoms with E-state index >= 15 is 0 Å². The second-order valence-corrected chi connectivity index (χ2v) is 8.39. The van der Waals surface area contributed by atoms with Crippen LogP contribution in [0, 0.1) is 12.8 Å². The number of thiophene rings is 1. The van der Waals surface area contributed by atoms with Crippen LogP contribution in [0.2, 0.25) is 0 Å². The highest BCUT2D eigenvalue weighted by Crippen LogP contribution is 2.29. The number of benzene rings is 1. The van der Waals surface area contributed by atoms with Crippen LogP contribution >= 0.6 is 11.3 Å². The second kappa shape index (κ2) is 7.19. The molecule has 3 heterocycles. The van der Waals surface area contributed by atoms with Gasteiger partial charge in [0.15, 0.2) is 0 Å². The van der Waals surface area contributed by atoms with Gasteiger partial charge in [-0.3, -0.25) is 9.48 Å². The van der Waals surface area contributed by atoms with E-state index in [9.17, 15) is 4.79 Å². The SMILES string of the molecule is Cc1nn(CC(C)C)c2sc(C(=O)NCCc3c[nH]c4ccccc34)cc12. The van der Waals surface area contributed by atoms with Gasteiger partial charge < -0.3 is 10.3 Å². The Labute approximate surface area is 162 Å². The first kappa shape index (κ1) is 17.8. The predicted octanol–water partition coefficient (Wildman–Crippen LogP) is 4.52. The predicted molar refractivity (Wildman–Crippen MR) is 112 cm³/mol. The molecule has 0 saturated carbocycles. The van der Waals surface area contributed by atoms with Crippen LogP contribution in [0.1, 0.15) is 34.8 Å². The summed E-state index contributed by atoms with van der Waals surface area (Å²) in [5, 5.41) is 9.97. The maximum absolute atomic E-state index is 12.6. The Bertz CT molecular complexity index is 1100. The first-order chi connectivity index (χ1) is 13.0. The third-order valence-corrected chi connectivity index (χ3v) is 5.87. The summed E-state index contributed by atoms with van der Waals surface area (Å²) < 4.78 is 2.03. The number of carbonyl (C=O) groups excluding carboxylic acids is 1. The molecule has 0 radical (unpaired) electrons. The lowest BCUT2D eigenvalue weighted by molar-refractivity contribution is 0.0958. The molecule has 0 aliphatic heterocycles. The molecule has 1 aromatic carbocycles. The highest BCUT2D eigenvalue weighted by Gasteiger charge is 2.16. The lowest BCUT2D eigenvalue weighted by atomic mass is 10.1. The van der Waals surface area contributed by atoms with Gasteiger partial charge in [0.25, 0.3) is 5.91 Å². The molecule has 27 heavy (non-hydrogen) atoms. The summed E-state index contributed by atoms with van der Waals surface area (Å²) in [7, 11) is 0. The number of aromatic amines is 1. The van der Waals surface area contributed by atoms with E-state index in [0.29, 0.717) is 12.5 Å². The van der Waals surface area contributed by atoms with Crippen LogP contribution < -0.4 is 5.32 Å². The highest BCUT2D eigenvalue weighted by atomic mass is 32.1. The van der Waals surface area contributed by atoms with Crippen molar-refractivity contribution in [2.75, 3.05) is 6.54 Å². The summed E-state index contributed by atoms with van der Waals surface area (Å²) >= 11 is 1.53. The number of para-hydroxylation sites is 1. The van der Waals surface area contributed by atoms with Gasteiger partial charge in [0.05, 0.1) is 10.6 Å². The molecular weight excluding hydrogens is 356 g/mol. The monoisotopic (exact) mass is 380 g/mol. The molecule has 6 heteroatoms. The van der Waals surface area contributed by atoms with Gasteiger partial charge >= 0.3 is 0 Å². The molecule has 140 valence electrons. The van der Waals surface area contributed by atoms with Crippen LogP contribution in [-0.2, 0) is 13.0 Å². The molecule has 1 amide bonds. The van der Waals surface area contributed by atoms with Crippen molar-refractivity contribution in [2.45, 2.75) is 33.7 Å². The molecule has 0 fully saturated rings. The van der Waals surface area contributed by atoms with E-state index < -0.39 is 0 Å². The Morgan fingerprint density at radius 1 is 1.30 bits per heavy atom. The van der Waals surface area contributed by atoms with Crippen molar-refractivity contribution in [3.05, 3.63) is 52.7 Å². The molecular formula is C21H24N4OS. The molecule has 0 unspecified atom stereocenters. The van der Waals surface area contributed by atoms with E-state index in [1.165, 1.54) is 22.3 Å². The van der Waals surface area contributed by atoms with Crippen LogP contribution in [0.15, 0.2) is 36.5 Å². The fraction of sp³-hybridized carbons (Fsp3) is 0.333. The van der Waals surface area contributed by atoms with Gasteiger partial charge in [-0.2, -0.15) is 5.10 Å². The largest absolute Gasteiger partial charge is 0.361 e. The third-order valence-electron chi connectivity index (χ3n) is 4.72. The number of amides is 1. The van der Waals surface area contributed by atoms with Crippen molar-refractivity contribution in [3.8, 4) is 0 Å². The summed E-state index contributed by atoms with van der Waals surface area (Å²) in [5.41, 5.74) is 3.35. The number of aromatic nitrogens is 3. The van der Waals surface area contributed by atoms with E-state index in [0.717, 1.165) is 39.3 Å². The van der Waals surface area contributed by atoms with Gasteiger partial charge in [-0.25, -0.2) is 0 Å². The quantitative estimate of drug-likeness (QED) is 0.517. The number of hydrogen-bond acceptors (Lipinski definition) is 3. The molecule has 0 spiro atoms. The molecule has 0 aliphatic carbocycles. The molecule has 0 bridgehead atoms. The standard InChI is InChI=1S/C21H24N4OS/c1-13(2)12-25-21-17(14(3)24-25)10-19(27-21)20(26)22-9-8-15-11-23-18-7-5-4-6-16(15)18/h4-7,10-11,13,23H,8-9,12H2,1-3H3,(H,22,26). The Hall–Kier alpha value is -2.60. The minimum absolute atomic E-state index is 0.00783. The Balaban J connectivity index is 1.45. The van der Waals surface area contributed by atoms with Crippen molar-refractivity contribution in [1.82, 2.24) is 20.1 Å². The molecule has 0 atom stereocenters. The van der Waals surface area contributed by atoms with Crippen LogP contribution in [0.4, 0.5) is 0 Å².